The smallest absolute Gasteiger partial charge is 0.262 e. The standard InChI is InChI=1S/C20H18N4O2S/c1-13(14-8-4-3-5-9-14)27-20-22-18-15(19(25)23-20)12-21-24(18)16-10-6-7-11-17(16)26-2/h3-13H,1-2H3,(H,22,23,25)/t13-/m0/s1. The summed E-state index contributed by atoms with van der Waals surface area (Å²) in [6.45, 7) is 2.09. The molecule has 27 heavy (non-hydrogen) atoms. The van der Waals surface area contributed by atoms with E-state index in [0.29, 0.717) is 21.9 Å². The van der Waals surface area contributed by atoms with Crippen LogP contribution in [0.4, 0.5) is 0 Å². The van der Waals surface area contributed by atoms with E-state index in [1.54, 1.807) is 11.8 Å². The molecule has 0 aliphatic rings. The van der Waals surface area contributed by atoms with Crippen molar-refractivity contribution in [2.24, 2.45) is 0 Å². The zero-order valence-corrected chi connectivity index (χ0v) is 15.7. The van der Waals surface area contributed by atoms with Gasteiger partial charge in [-0.1, -0.05) is 54.2 Å². The Balaban J connectivity index is 1.78. The van der Waals surface area contributed by atoms with Crippen LogP contribution in [0.2, 0.25) is 0 Å². The van der Waals surface area contributed by atoms with Crippen LogP contribution in [0.1, 0.15) is 17.7 Å². The average Bonchev–Trinajstić information content (AvgIpc) is 3.13. The Morgan fingerprint density at radius 1 is 1.11 bits per heavy atom. The zero-order chi connectivity index (χ0) is 18.8. The van der Waals surface area contributed by atoms with Crippen LogP contribution in [0.15, 0.2) is 70.7 Å². The molecule has 1 N–H and O–H groups in total. The molecule has 0 aliphatic heterocycles. The maximum Gasteiger partial charge on any atom is 0.262 e. The number of aromatic amines is 1. The van der Waals surface area contributed by atoms with E-state index >= 15 is 0 Å². The normalized spacial score (nSPS) is 12.2. The topological polar surface area (TPSA) is 72.8 Å². The Labute approximate surface area is 160 Å². The van der Waals surface area contributed by atoms with Crippen LogP contribution in [-0.4, -0.2) is 26.9 Å². The Hall–Kier alpha value is -3.06. The number of hydrogen-bond donors (Lipinski definition) is 1. The van der Waals surface area contributed by atoms with E-state index in [9.17, 15) is 4.79 Å². The quantitative estimate of drug-likeness (QED) is 0.420. The molecule has 4 aromatic rings. The number of thioether (sulfide) groups is 1. The van der Waals surface area contributed by atoms with Gasteiger partial charge in [0.15, 0.2) is 10.8 Å². The molecule has 0 saturated carbocycles. The summed E-state index contributed by atoms with van der Waals surface area (Å²) >= 11 is 1.50. The van der Waals surface area contributed by atoms with E-state index in [1.165, 1.54) is 23.5 Å². The first kappa shape index (κ1) is 17.4. The van der Waals surface area contributed by atoms with Crippen molar-refractivity contribution in [3.8, 4) is 11.4 Å². The summed E-state index contributed by atoms with van der Waals surface area (Å²) in [4.78, 5) is 20.0. The van der Waals surface area contributed by atoms with E-state index in [2.05, 4.69) is 34.1 Å². The maximum absolute atomic E-state index is 12.5. The van der Waals surface area contributed by atoms with Gasteiger partial charge in [0.25, 0.3) is 5.56 Å². The molecule has 0 amide bonds. The van der Waals surface area contributed by atoms with Gasteiger partial charge >= 0.3 is 0 Å². The third-order valence-electron chi connectivity index (χ3n) is 4.29. The number of benzene rings is 2. The molecular formula is C20H18N4O2S. The van der Waals surface area contributed by atoms with Crippen molar-refractivity contribution in [1.82, 2.24) is 19.7 Å². The van der Waals surface area contributed by atoms with Crippen molar-refractivity contribution in [1.29, 1.82) is 0 Å². The number of rotatable bonds is 5. The Morgan fingerprint density at radius 2 is 1.85 bits per heavy atom. The van der Waals surface area contributed by atoms with Gasteiger partial charge < -0.3 is 9.72 Å². The second-order valence-electron chi connectivity index (χ2n) is 6.01. The molecule has 6 nitrogen and oxygen atoms in total. The Kier molecular flexibility index (Phi) is 4.68. The van der Waals surface area contributed by atoms with Gasteiger partial charge in [-0.15, -0.1) is 0 Å². The van der Waals surface area contributed by atoms with E-state index in [0.717, 1.165) is 5.69 Å². The fraction of sp³-hybridized carbons (Fsp3) is 0.150. The van der Waals surface area contributed by atoms with Gasteiger partial charge in [0.2, 0.25) is 0 Å². The predicted molar refractivity (Wildman–Crippen MR) is 107 cm³/mol. The molecule has 0 bridgehead atoms. The molecule has 4 rings (SSSR count). The van der Waals surface area contributed by atoms with E-state index < -0.39 is 0 Å². The first-order valence-electron chi connectivity index (χ1n) is 8.50. The number of nitrogens with one attached hydrogen (secondary N) is 1. The highest BCUT2D eigenvalue weighted by Crippen LogP contribution is 2.33. The van der Waals surface area contributed by atoms with Crippen molar-refractivity contribution in [3.05, 3.63) is 76.7 Å². The molecule has 2 heterocycles. The van der Waals surface area contributed by atoms with Crippen LogP contribution in [-0.2, 0) is 0 Å². The summed E-state index contributed by atoms with van der Waals surface area (Å²) in [5, 5.41) is 5.50. The highest BCUT2D eigenvalue weighted by molar-refractivity contribution is 7.99. The molecule has 0 unspecified atom stereocenters. The number of para-hydroxylation sites is 2. The van der Waals surface area contributed by atoms with Gasteiger partial charge in [0.05, 0.1) is 13.3 Å². The lowest BCUT2D eigenvalue weighted by molar-refractivity contribution is 0.412. The van der Waals surface area contributed by atoms with Crippen LogP contribution < -0.4 is 10.3 Å². The predicted octanol–water partition coefficient (Wildman–Crippen LogP) is 3.97. The number of aromatic nitrogens is 4. The Morgan fingerprint density at radius 3 is 2.63 bits per heavy atom. The SMILES string of the molecule is COc1ccccc1-n1ncc2c(=O)[nH]c(S[C@@H](C)c3ccccc3)nc21. The van der Waals surface area contributed by atoms with Gasteiger partial charge in [-0.2, -0.15) is 5.10 Å². The highest BCUT2D eigenvalue weighted by atomic mass is 32.2. The fourth-order valence-corrected chi connectivity index (χ4v) is 3.81. The molecule has 136 valence electrons. The lowest BCUT2D eigenvalue weighted by atomic mass is 10.2. The molecule has 0 fully saturated rings. The Bertz CT molecular complexity index is 1140. The van der Waals surface area contributed by atoms with Gasteiger partial charge in [-0.05, 0) is 24.6 Å². The largest absolute Gasteiger partial charge is 0.494 e. The third-order valence-corrected chi connectivity index (χ3v) is 5.33. The lowest BCUT2D eigenvalue weighted by Gasteiger charge is -2.11. The van der Waals surface area contributed by atoms with E-state index in [4.69, 9.17) is 4.74 Å². The molecule has 0 saturated heterocycles. The first-order chi connectivity index (χ1) is 13.2. The summed E-state index contributed by atoms with van der Waals surface area (Å²) in [7, 11) is 1.60. The minimum absolute atomic E-state index is 0.148. The van der Waals surface area contributed by atoms with E-state index in [1.807, 2.05) is 42.5 Å². The second kappa shape index (κ2) is 7.28. The summed E-state index contributed by atoms with van der Waals surface area (Å²) < 4.78 is 7.06. The number of fused-ring (bicyclic) bond motifs is 1. The fourth-order valence-electron chi connectivity index (χ4n) is 2.89. The zero-order valence-electron chi connectivity index (χ0n) is 14.9. The van der Waals surface area contributed by atoms with Crippen molar-refractivity contribution in [3.63, 3.8) is 0 Å². The summed E-state index contributed by atoms with van der Waals surface area (Å²) in [5.41, 5.74) is 2.21. The average molecular weight is 378 g/mol. The van der Waals surface area contributed by atoms with Crippen LogP contribution in [0.5, 0.6) is 5.75 Å². The number of H-pyrrole nitrogens is 1. The minimum Gasteiger partial charge on any atom is -0.494 e. The van der Waals surface area contributed by atoms with Gasteiger partial charge in [0, 0.05) is 5.25 Å². The van der Waals surface area contributed by atoms with Gasteiger partial charge in [0.1, 0.15) is 16.8 Å². The van der Waals surface area contributed by atoms with Crippen molar-refractivity contribution in [2.75, 3.05) is 7.11 Å². The van der Waals surface area contributed by atoms with Crippen LogP contribution in [0, 0.1) is 0 Å². The van der Waals surface area contributed by atoms with Gasteiger partial charge in [-0.25, -0.2) is 9.67 Å². The third kappa shape index (κ3) is 3.33. The van der Waals surface area contributed by atoms with Gasteiger partial charge in [-0.3, -0.25) is 4.79 Å². The molecule has 2 aromatic carbocycles. The number of nitrogens with zero attached hydrogens (tertiary/aromatic N) is 3. The minimum atomic E-state index is -0.205. The van der Waals surface area contributed by atoms with Crippen LogP contribution in [0.3, 0.4) is 0 Å². The number of methoxy groups -OCH3 is 1. The maximum atomic E-state index is 12.5. The molecule has 1 atom stereocenters. The van der Waals surface area contributed by atoms with Crippen molar-refractivity contribution in [2.45, 2.75) is 17.3 Å². The van der Waals surface area contributed by atoms with E-state index in [-0.39, 0.29) is 10.8 Å². The number of ether oxygens (including phenoxy) is 1. The second-order valence-corrected chi connectivity index (χ2v) is 7.34. The highest BCUT2D eigenvalue weighted by Gasteiger charge is 2.16. The van der Waals surface area contributed by atoms with Crippen LogP contribution in [0.25, 0.3) is 16.7 Å². The molecule has 2 aromatic heterocycles. The lowest BCUT2D eigenvalue weighted by Crippen LogP contribution is -2.10. The molecule has 7 heteroatoms. The van der Waals surface area contributed by atoms with Crippen molar-refractivity contribution >= 4 is 22.8 Å². The summed E-state index contributed by atoms with van der Waals surface area (Å²) in [6.07, 6.45) is 1.53. The molecule has 0 radical (unpaired) electrons. The number of hydrogen-bond acceptors (Lipinski definition) is 5. The molecule has 0 spiro atoms. The molecular weight excluding hydrogens is 360 g/mol. The molecule has 0 aliphatic carbocycles. The van der Waals surface area contributed by atoms with Crippen molar-refractivity contribution < 1.29 is 4.74 Å². The summed E-state index contributed by atoms with van der Waals surface area (Å²) in [5.74, 6) is 0.663. The van der Waals surface area contributed by atoms with Crippen LogP contribution >= 0.6 is 11.8 Å². The summed E-state index contributed by atoms with van der Waals surface area (Å²) in [6, 6.07) is 17.6. The monoisotopic (exact) mass is 378 g/mol. The first-order valence-corrected chi connectivity index (χ1v) is 9.38.